The molecule has 0 aliphatic carbocycles. The molecule has 0 aromatic heterocycles. The molecular formula is C44H26Cl4N6O4. The second-order valence-corrected chi connectivity index (χ2v) is 14.4. The Bertz CT molecular complexity index is 2840. The standard InChI is InChI=1S/C44H26Cl4N6O4/c45-31-15-7-19-35(37(31)47)51-53-39-25-11-3-1-9-23(25)21-29(41(39)55)43(57)49-33-17-5-14-28-27(33)13-6-18-34(28)50-44(58)30-22-24-10-2-4-12-26(24)40(42(30)56)54-52-36-20-8-16-32(46)38(36)48/h1-22,55-56H,(H,49,57)(H,50,58). The summed E-state index contributed by atoms with van der Waals surface area (Å²) in [6.07, 6.45) is 0. The summed E-state index contributed by atoms with van der Waals surface area (Å²) in [6, 6.07) is 37.6. The number of phenols is 2. The molecule has 58 heavy (non-hydrogen) atoms. The number of carbonyl (C=O) groups excluding carboxylic acids is 2. The summed E-state index contributed by atoms with van der Waals surface area (Å²) in [5.41, 5.74) is 1.40. The lowest BCUT2D eigenvalue weighted by Gasteiger charge is -2.15. The van der Waals surface area contributed by atoms with E-state index in [0.29, 0.717) is 53.7 Å². The van der Waals surface area contributed by atoms with Gasteiger partial charge in [0, 0.05) is 32.9 Å². The van der Waals surface area contributed by atoms with Crippen molar-refractivity contribution in [3.8, 4) is 11.5 Å². The average molecular weight is 845 g/mol. The Labute approximate surface area is 350 Å². The third kappa shape index (κ3) is 7.37. The highest BCUT2D eigenvalue weighted by atomic mass is 35.5. The number of amides is 2. The van der Waals surface area contributed by atoms with Crippen LogP contribution in [0.2, 0.25) is 20.1 Å². The van der Waals surface area contributed by atoms with Gasteiger partial charge in [-0.15, -0.1) is 20.5 Å². The zero-order valence-corrected chi connectivity index (χ0v) is 32.7. The second kappa shape index (κ2) is 16.1. The first kappa shape index (κ1) is 38.3. The van der Waals surface area contributed by atoms with Gasteiger partial charge in [-0.3, -0.25) is 9.59 Å². The Morgan fingerprint density at radius 3 is 1.26 bits per heavy atom. The highest BCUT2D eigenvalue weighted by Gasteiger charge is 2.22. The van der Waals surface area contributed by atoms with Gasteiger partial charge in [-0.2, -0.15) is 0 Å². The number of hydrogen-bond acceptors (Lipinski definition) is 8. The minimum absolute atomic E-state index is 0.0522. The van der Waals surface area contributed by atoms with Crippen LogP contribution in [-0.4, -0.2) is 22.0 Å². The molecule has 8 aromatic rings. The minimum atomic E-state index is -0.621. The van der Waals surface area contributed by atoms with Crippen molar-refractivity contribution in [3.63, 3.8) is 0 Å². The number of nitrogens with one attached hydrogen (secondary N) is 2. The Kier molecular flexibility index (Phi) is 10.7. The van der Waals surface area contributed by atoms with Crippen molar-refractivity contribution in [1.82, 2.24) is 0 Å². The predicted molar refractivity (Wildman–Crippen MR) is 232 cm³/mol. The molecule has 0 heterocycles. The molecule has 0 spiro atoms. The van der Waals surface area contributed by atoms with Crippen molar-refractivity contribution >= 4 is 125 Å². The summed E-state index contributed by atoms with van der Waals surface area (Å²) >= 11 is 25.0. The molecule has 14 heteroatoms. The van der Waals surface area contributed by atoms with Gasteiger partial charge in [0.25, 0.3) is 11.8 Å². The van der Waals surface area contributed by atoms with Crippen LogP contribution in [0, 0.1) is 0 Å². The summed E-state index contributed by atoms with van der Waals surface area (Å²) in [6.45, 7) is 0. The van der Waals surface area contributed by atoms with Crippen LogP contribution in [0.15, 0.2) is 154 Å². The monoisotopic (exact) mass is 842 g/mol. The molecule has 0 saturated carbocycles. The number of benzene rings is 8. The lowest BCUT2D eigenvalue weighted by Crippen LogP contribution is -2.14. The van der Waals surface area contributed by atoms with E-state index in [-0.39, 0.29) is 43.9 Å². The molecule has 284 valence electrons. The third-order valence-corrected chi connectivity index (χ3v) is 10.9. The Morgan fingerprint density at radius 2 is 0.828 bits per heavy atom. The second-order valence-electron chi connectivity index (χ2n) is 12.8. The van der Waals surface area contributed by atoms with E-state index in [1.807, 2.05) is 0 Å². The number of azo groups is 2. The van der Waals surface area contributed by atoms with Crippen LogP contribution in [0.3, 0.4) is 0 Å². The van der Waals surface area contributed by atoms with Gasteiger partial charge < -0.3 is 20.8 Å². The molecule has 10 nitrogen and oxygen atoms in total. The first-order chi connectivity index (χ1) is 28.1. The molecule has 2 amide bonds. The van der Waals surface area contributed by atoms with Crippen molar-refractivity contribution < 1.29 is 19.8 Å². The zero-order valence-electron chi connectivity index (χ0n) is 29.7. The summed E-state index contributed by atoms with van der Waals surface area (Å²) in [5.74, 6) is -2.03. The molecule has 0 unspecified atom stereocenters. The molecule has 0 bridgehead atoms. The first-order valence-electron chi connectivity index (χ1n) is 17.4. The summed E-state index contributed by atoms with van der Waals surface area (Å²) in [4.78, 5) is 27.9. The van der Waals surface area contributed by atoms with Crippen molar-refractivity contribution in [1.29, 1.82) is 0 Å². The maximum absolute atomic E-state index is 13.9. The fourth-order valence-corrected chi connectivity index (χ4v) is 7.10. The van der Waals surface area contributed by atoms with Crippen molar-refractivity contribution in [2.75, 3.05) is 10.6 Å². The summed E-state index contributed by atoms with van der Waals surface area (Å²) in [7, 11) is 0. The van der Waals surface area contributed by atoms with Crippen LogP contribution >= 0.6 is 46.4 Å². The van der Waals surface area contributed by atoms with E-state index in [1.54, 1.807) is 133 Å². The molecule has 0 saturated heterocycles. The van der Waals surface area contributed by atoms with E-state index in [1.165, 1.54) is 0 Å². The number of carbonyl (C=O) groups is 2. The van der Waals surface area contributed by atoms with E-state index in [4.69, 9.17) is 46.4 Å². The fraction of sp³-hybridized carbons (Fsp3) is 0. The molecular weight excluding hydrogens is 818 g/mol. The maximum atomic E-state index is 13.9. The summed E-state index contributed by atoms with van der Waals surface area (Å²) < 4.78 is 0. The molecule has 0 aliphatic rings. The van der Waals surface area contributed by atoms with Gasteiger partial charge >= 0.3 is 0 Å². The molecule has 8 rings (SSSR count). The van der Waals surface area contributed by atoms with Crippen LogP contribution in [-0.2, 0) is 0 Å². The number of fused-ring (bicyclic) bond motifs is 3. The van der Waals surface area contributed by atoms with Crippen LogP contribution in [0.25, 0.3) is 32.3 Å². The van der Waals surface area contributed by atoms with E-state index in [9.17, 15) is 19.8 Å². The van der Waals surface area contributed by atoms with Crippen molar-refractivity contribution in [2.45, 2.75) is 0 Å². The van der Waals surface area contributed by atoms with Gasteiger partial charge in [-0.25, -0.2) is 0 Å². The molecule has 8 aromatic carbocycles. The molecule has 0 atom stereocenters. The Hall–Kier alpha value is -6.56. The van der Waals surface area contributed by atoms with Crippen LogP contribution < -0.4 is 10.6 Å². The van der Waals surface area contributed by atoms with Gasteiger partial charge in [0.15, 0.2) is 11.5 Å². The van der Waals surface area contributed by atoms with Crippen LogP contribution in [0.4, 0.5) is 34.1 Å². The number of anilines is 2. The quantitative estimate of drug-likeness (QED) is 0.113. The number of aromatic hydroxyl groups is 2. The van der Waals surface area contributed by atoms with Gasteiger partial charge in [0.1, 0.15) is 22.7 Å². The molecule has 0 aliphatic heterocycles. The summed E-state index contributed by atoms with van der Waals surface area (Å²) in [5, 5.41) is 50.3. The fourth-order valence-electron chi connectivity index (χ4n) is 6.44. The number of phenolic OH excluding ortho intramolecular Hbond substituents is 2. The topological polar surface area (TPSA) is 148 Å². The maximum Gasteiger partial charge on any atom is 0.259 e. The lowest BCUT2D eigenvalue weighted by atomic mass is 10.0. The number of nitrogens with zero attached hydrogens (tertiary/aromatic N) is 4. The Morgan fingerprint density at radius 1 is 0.448 bits per heavy atom. The first-order valence-corrected chi connectivity index (χ1v) is 19.0. The lowest BCUT2D eigenvalue weighted by molar-refractivity contribution is 0.101. The van der Waals surface area contributed by atoms with Gasteiger partial charge in [-0.1, -0.05) is 131 Å². The zero-order chi connectivity index (χ0) is 40.5. The predicted octanol–water partition coefficient (Wildman–Crippen LogP) is 14.5. The highest BCUT2D eigenvalue weighted by molar-refractivity contribution is 6.44. The number of hydrogen-bond donors (Lipinski definition) is 4. The van der Waals surface area contributed by atoms with Crippen molar-refractivity contribution in [2.24, 2.45) is 20.5 Å². The van der Waals surface area contributed by atoms with Crippen molar-refractivity contribution in [3.05, 3.63) is 165 Å². The molecule has 4 N–H and O–H groups in total. The third-order valence-electron chi connectivity index (χ3n) is 9.28. The number of rotatable bonds is 8. The van der Waals surface area contributed by atoms with E-state index in [2.05, 4.69) is 31.1 Å². The average Bonchev–Trinajstić information content (AvgIpc) is 3.23. The van der Waals surface area contributed by atoms with Gasteiger partial charge in [0.05, 0.1) is 31.2 Å². The number of halogens is 4. The molecule has 0 radical (unpaired) electrons. The van der Waals surface area contributed by atoms with E-state index in [0.717, 1.165) is 0 Å². The van der Waals surface area contributed by atoms with Crippen LogP contribution in [0.1, 0.15) is 20.7 Å². The minimum Gasteiger partial charge on any atom is -0.505 e. The highest BCUT2D eigenvalue weighted by Crippen LogP contribution is 2.43. The normalized spacial score (nSPS) is 11.6. The van der Waals surface area contributed by atoms with E-state index >= 15 is 0 Å². The van der Waals surface area contributed by atoms with Gasteiger partial charge in [-0.05, 0) is 59.3 Å². The SMILES string of the molecule is O=C(Nc1cccc2c(NC(=O)c3cc4ccccc4c(N=Nc4cccc(Cl)c4Cl)c3O)cccc12)c1cc2ccccc2c(N=Nc2cccc(Cl)c2Cl)c1O. The van der Waals surface area contributed by atoms with Crippen LogP contribution in [0.5, 0.6) is 11.5 Å². The van der Waals surface area contributed by atoms with E-state index < -0.39 is 23.3 Å². The molecule has 0 fully saturated rings. The smallest absolute Gasteiger partial charge is 0.259 e. The Balaban J connectivity index is 1.11. The van der Waals surface area contributed by atoms with Gasteiger partial charge in [0.2, 0.25) is 0 Å². The largest absolute Gasteiger partial charge is 0.505 e.